The van der Waals surface area contributed by atoms with Crippen LogP contribution in [0, 0.1) is 0 Å². The van der Waals surface area contributed by atoms with Gasteiger partial charge in [-0.3, -0.25) is 14.6 Å². The Balaban J connectivity index is 1.15. The van der Waals surface area contributed by atoms with E-state index < -0.39 is 0 Å². The average molecular weight is 441 g/mol. The smallest absolute Gasteiger partial charge is 0.255 e. The van der Waals surface area contributed by atoms with Gasteiger partial charge in [-0.25, -0.2) is 4.98 Å². The van der Waals surface area contributed by atoms with Crippen LogP contribution < -0.4 is 20.5 Å². The minimum Gasteiger partial charge on any atom is -0.489 e. The monoisotopic (exact) mass is 440 g/mol. The number of fused-ring (bicyclic) bond motifs is 1. The van der Waals surface area contributed by atoms with Gasteiger partial charge in [0.05, 0.1) is 5.69 Å². The Morgan fingerprint density at radius 1 is 1.13 bits per heavy atom. The maximum atomic E-state index is 12.6. The largest absolute Gasteiger partial charge is 0.489 e. The van der Waals surface area contributed by atoms with Crippen LogP contribution in [0.25, 0.3) is 0 Å². The topological polar surface area (TPSA) is 87.3 Å². The number of ether oxygens (including phenoxy) is 1. The molecule has 0 radical (unpaired) electrons. The fourth-order valence-corrected chi connectivity index (χ4v) is 4.97. The molecule has 3 aliphatic rings. The van der Waals surface area contributed by atoms with E-state index in [2.05, 4.69) is 15.2 Å². The third-order valence-electron chi connectivity index (χ3n) is 6.34. The third kappa shape index (κ3) is 4.59. The molecule has 164 valence electrons. The lowest BCUT2D eigenvalue weighted by atomic mass is 9.97. The van der Waals surface area contributed by atoms with E-state index in [4.69, 9.17) is 9.72 Å². The number of H-pyrrole nitrogens is 1. The molecule has 8 heteroatoms. The molecule has 1 aliphatic carbocycles. The van der Waals surface area contributed by atoms with Gasteiger partial charge in [0, 0.05) is 41.8 Å². The second kappa shape index (κ2) is 8.94. The van der Waals surface area contributed by atoms with Gasteiger partial charge in [-0.1, -0.05) is 0 Å². The normalized spacial score (nSPS) is 19.4. The van der Waals surface area contributed by atoms with E-state index in [1.165, 1.54) is 0 Å². The molecule has 2 fully saturated rings. The van der Waals surface area contributed by atoms with Crippen LogP contribution in [0.3, 0.4) is 0 Å². The summed E-state index contributed by atoms with van der Waals surface area (Å²) < 4.78 is 5.84. The summed E-state index contributed by atoms with van der Waals surface area (Å²) in [5.41, 5.74) is 2.49. The Morgan fingerprint density at radius 3 is 2.58 bits per heavy atom. The van der Waals surface area contributed by atoms with Gasteiger partial charge in [0.1, 0.15) is 11.9 Å². The first-order valence-corrected chi connectivity index (χ1v) is 12.3. The molecular weight excluding hydrogens is 412 g/mol. The van der Waals surface area contributed by atoms with Crippen LogP contribution in [0.4, 0.5) is 5.95 Å². The number of hydrogen-bond acceptors (Lipinski definition) is 6. The van der Waals surface area contributed by atoms with Crippen LogP contribution >= 0.6 is 11.8 Å². The molecule has 0 unspecified atom stereocenters. The molecule has 2 aromatic rings. The zero-order chi connectivity index (χ0) is 21.2. The number of benzene rings is 1. The van der Waals surface area contributed by atoms with Crippen molar-refractivity contribution in [2.24, 2.45) is 0 Å². The van der Waals surface area contributed by atoms with E-state index in [9.17, 15) is 9.59 Å². The standard InChI is InChI=1S/C23H28N4O3S/c28-21(15-5-7-17(8-6-15)30-18-13-31-14-18)24-16-9-11-27(12-10-16)23-25-20-4-2-1-3-19(20)22(29)26-23/h5-8,16,18H,1-4,9-14H2,(H,24,28)(H,25,26,29). The van der Waals surface area contributed by atoms with E-state index in [1.54, 1.807) is 0 Å². The van der Waals surface area contributed by atoms with Gasteiger partial charge in [-0.2, -0.15) is 11.8 Å². The van der Waals surface area contributed by atoms with Gasteiger partial charge < -0.3 is 15.0 Å². The molecule has 0 spiro atoms. The second-order valence-corrected chi connectivity index (χ2v) is 9.63. The summed E-state index contributed by atoms with van der Waals surface area (Å²) in [6.07, 6.45) is 5.84. The molecule has 2 aliphatic heterocycles. The van der Waals surface area contributed by atoms with Crippen molar-refractivity contribution in [3.8, 4) is 5.75 Å². The SMILES string of the molecule is O=C(NC1CCN(c2nc3c(c(=O)[nH]2)CCCC3)CC1)c1ccc(OC2CSC2)cc1. The molecule has 5 rings (SSSR count). The van der Waals surface area contributed by atoms with E-state index in [-0.39, 0.29) is 17.5 Å². The Hall–Kier alpha value is -2.48. The molecular formula is C23H28N4O3S. The van der Waals surface area contributed by atoms with Crippen molar-refractivity contribution in [1.29, 1.82) is 0 Å². The summed E-state index contributed by atoms with van der Waals surface area (Å²) in [6, 6.07) is 7.52. The molecule has 3 heterocycles. The molecule has 2 N–H and O–H groups in total. The molecule has 0 saturated carbocycles. The lowest BCUT2D eigenvalue weighted by Gasteiger charge is -2.33. The van der Waals surface area contributed by atoms with Gasteiger partial charge >= 0.3 is 0 Å². The second-order valence-electron chi connectivity index (χ2n) is 8.56. The zero-order valence-corrected chi connectivity index (χ0v) is 18.4. The minimum absolute atomic E-state index is 0.0126. The number of carbonyl (C=O) groups is 1. The van der Waals surface area contributed by atoms with Crippen molar-refractivity contribution in [3.63, 3.8) is 0 Å². The molecule has 7 nitrogen and oxygen atoms in total. The molecule has 1 aromatic carbocycles. The highest BCUT2D eigenvalue weighted by Crippen LogP contribution is 2.24. The summed E-state index contributed by atoms with van der Waals surface area (Å²) in [4.78, 5) is 34.9. The highest BCUT2D eigenvalue weighted by molar-refractivity contribution is 8.00. The molecule has 0 bridgehead atoms. The number of anilines is 1. The van der Waals surface area contributed by atoms with Crippen LogP contribution in [0.1, 0.15) is 47.3 Å². The van der Waals surface area contributed by atoms with Crippen LogP contribution in [0.2, 0.25) is 0 Å². The predicted octanol–water partition coefficient (Wildman–Crippen LogP) is 2.54. The summed E-state index contributed by atoms with van der Waals surface area (Å²) in [5, 5.41) is 3.15. The third-order valence-corrected chi connectivity index (χ3v) is 7.55. The first-order valence-electron chi connectivity index (χ1n) is 11.2. The first-order chi connectivity index (χ1) is 15.2. The molecule has 31 heavy (non-hydrogen) atoms. The van der Waals surface area contributed by atoms with E-state index in [0.717, 1.165) is 80.1 Å². The number of aryl methyl sites for hydroxylation is 1. The Labute approximate surface area is 186 Å². The van der Waals surface area contributed by atoms with Gasteiger partial charge in [0.15, 0.2) is 0 Å². The molecule has 1 amide bonds. The highest BCUT2D eigenvalue weighted by Gasteiger charge is 2.25. The maximum Gasteiger partial charge on any atom is 0.255 e. The quantitative estimate of drug-likeness (QED) is 0.743. The number of rotatable bonds is 5. The van der Waals surface area contributed by atoms with Gasteiger partial charge in [0.2, 0.25) is 5.95 Å². The number of amides is 1. The molecule has 0 atom stereocenters. The summed E-state index contributed by atoms with van der Waals surface area (Å²) in [6.45, 7) is 1.53. The fourth-order valence-electron chi connectivity index (χ4n) is 4.40. The van der Waals surface area contributed by atoms with Crippen LogP contribution in [0.5, 0.6) is 5.75 Å². The lowest BCUT2D eigenvalue weighted by Crippen LogP contribution is -2.45. The van der Waals surface area contributed by atoms with Crippen molar-refractivity contribution in [1.82, 2.24) is 15.3 Å². The molecule has 1 aromatic heterocycles. The zero-order valence-electron chi connectivity index (χ0n) is 17.6. The Kier molecular flexibility index (Phi) is 5.89. The van der Waals surface area contributed by atoms with Crippen LogP contribution in [-0.4, -0.2) is 52.6 Å². The summed E-state index contributed by atoms with van der Waals surface area (Å²) >= 11 is 1.88. The van der Waals surface area contributed by atoms with E-state index in [0.29, 0.717) is 17.6 Å². The van der Waals surface area contributed by atoms with Crippen molar-refractivity contribution in [3.05, 3.63) is 51.4 Å². The fraction of sp³-hybridized carbons (Fsp3) is 0.522. The van der Waals surface area contributed by atoms with Crippen LogP contribution in [0.15, 0.2) is 29.1 Å². The van der Waals surface area contributed by atoms with Crippen molar-refractivity contribution in [2.45, 2.75) is 50.7 Å². The Bertz CT molecular complexity index is 995. The minimum atomic E-state index is -0.0514. The molecule has 2 saturated heterocycles. The number of piperidine rings is 1. The Morgan fingerprint density at radius 2 is 1.87 bits per heavy atom. The summed E-state index contributed by atoms with van der Waals surface area (Å²) in [7, 11) is 0. The average Bonchev–Trinajstić information content (AvgIpc) is 2.77. The van der Waals surface area contributed by atoms with Gasteiger partial charge in [0.25, 0.3) is 11.5 Å². The highest BCUT2D eigenvalue weighted by atomic mass is 32.2. The number of carbonyl (C=O) groups excluding carboxylic acids is 1. The van der Waals surface area contributed by atoms with Crippen molar-refractivity contribution >= 4 is 23.6 Å². The summed E-state index contributed by atoms with van der Waals surface area (Å²) in [5.74, 6) is 3.52. The number of nitrogens with zero attached hydrogens (tertiary/aromatic N) is 2. The van der Waals surface area contributed by atoms with Gasteiger partial charge in [-0.15, -0.1) is 0 Å². The predicted molar refractivity (Wildman–Crippen MR) is 122 cm³/mol. The number of aromatic nitrogens is 2. The van der Waals surface area contributed by atoms with E-state index in [1.807, 2.05) is 36.0 Å². The number of thioether (sulfide) groups is 1. The van der Waals surface area contributed by atoms with E-state index >= 15 is 0 Å². The first kappa shape index (κ1) is 20.4. The van der Waals surface area contributed by atoms with Crippen LogP contribution in [-0.2, 0) is 12.8 Å². The lowest BCUT2D eigenvalue weighted by molar-refractivity contribution is 0.0931. The van der Waals surface area contributed by atoms with Crippen molar-refractivity contribution < 1.29 is 9.53 Å². The maximum absolute atomic E-state index is 12.6. The van der Waals surface area contributed by atoms with Gasteiger partial charge in [-0.05, 0) is 62.8 Å². The number of nitrogens with one attached hydrogen (secondary N) is 2. The number of aromatic amines is 1. The van der Waals surface area contributed by atoms with Crippen molar-refractivity contribution in [2.75, 3.05) is 29.5 Å². The number of hydrogen-bond donors (Lipinski definition) is 2.